The molecule has 2 N–H and O–H groups in total. The zero-order valence-electron chi connectivity index (χ0n) is 20.9. The van der Waals surface area contributed by atoms with Gasteiger partial charge in [0.05, 0.1) is 33.1 Å². The van der Waals surface area contributed by atoms with Crippen molar-refractivity contribution in [2.45, 2.75) is 25.8 Å². The van der Waals surface area contributed by atoms with E-state index in [0.717, 1.165) is 5.56 Å². The predicted molar refractivity (Wildman–Crippen MR) is 137 cm³/mol. The normalized spacial score (nSPS) is 13.9. The zero-order chi connectivity index (χ0) is 26.7. The summed E-state index contributed by atoms with van der Waals surface area (Å²) in [5.74, 6) is 0.0481. The van der Waals surface area contributed by atoms with Gasteiger partial charge in [0.1, 0.15) is 5.82 Å². The van der Waals surface area contributed by atoms with E-state index in [9.17, 15) is 18.8 Å². The fourth-order valence-corrected chi connectivity index (χ4v) is 4.61. The Bertz CT molecular complexity index is 1420. The van der Waals surface area contributed by atoms with Crippen LogP contribution in [0.2, 0.25) is 0 Å². The van der Waals surface area contributed by atoms with Crippen LogP contribution >= 0.6 is 0 Å². The zero-order valence-corrected chi connectivity index (χ0v) is 20.9. The van der Waals surface area contributed by atoms with Crippen molar-refractivity contribution in [2.75, 3.05) is 26.6 Å². The van der Waals surface area contributed by atoms with Crippen LogP contribution in [0, 0.1) is 5.82 Å². The number of rotatable bonds is 6. The summed E-state index contributed by atoms with van der Waals surface area (Å²) in [6.07, 6.45) is 1.08. The van der Waals surface area contributed by atoms with E-state index in [2.05, 4.69) is 10.6 Å². The first kappa shape index (κ1) is 25.7. The Balaban J connectivity index is 1.92. The number of ether oxygens (including phenoxy) is 3. The summed E-state index contributed by atoms with van der Waals surface area (Å²) >= 11 is 0. The topological polar surface area (TPSA) is 103 Å². The highest BCUT2D eigenvalue weighted by atomic mass is 19.1. The second-order valence-corrected chi connectivity index (χ2v) is 8.56. The Hall–Kier alpha value is -4.40. The van der Waals surface area contributed by atoms with Crippen LogP contribution in [-0.2, 0) is 11.2 Å². The van der Waals surface area contributed by atoms with Gasteiger partial charge in [-0.25, -0.2) is 4.39 Å². The van der Waals surface area contributed by atoms with E-state index >= 15 is 0 Å². The maximum absolute atomic E-state index is 13.3. The average Bonchev–Trinajstić information content (AvgIpc) is 3.12. The van der Waals surface area contributed by atoms with Gasteiger partial charge in [-0.2, -0.15) is 0 Å². The number of carbonyl (C=O) groups excluding carboxylic acids is 2. The lowest BCUT2D eigenvalue weighted by atomic mass is 9.95. The Morgan fingerprint density at radius 2 is 1.65 bits per heavy atom. The summed E-state index contributed by atoms with van der Waals surface area (Å²) in [5.41, 5.74) is 2.59. The third kappa shape index (κ3) is 5.11. The van der Waals surface area contributed by atoms with E-state index in [0.29, 0.717) is 46.8 Å². The fourth-order valence-electron chi connectivity index (χ4n) is 4.61. The van der Waals surface area contributed by atoms with Crippen molar-refractivity contribution in [3.63, 3.8) is 0 Å². The molecule has 0 radical (unpaired) electrons. The third-order valence-electron chi connectivity index (χ3n) is 6.27. The lowest BCUT2D eigenvalue weighted by Crippen LogP contribution is -2.26. The first-order chi connectivity index (χ1) is 17.8. The molecule has 0 aromatic heterocycles. The van der Waals surface area contributed by atoms with Gasteiger partial charge in [0.15, 0.2) is 11.5 Å². The van der Waals surface area contributed by atoms with Crippen molar-refractivity contribution < 1.29 is 28.2 Å². The molecule has 0 spiro atoms. The van der Waals surface area contributed by atoms with Gasteiger partial charge in [-0.3, -0.25) is 14.4 Å². The van der Waals surface area contributed by atoms with Crippen LogP contribution < -0.4 is 30.3 Å². The molecular formula is C28H27FN2O6. The summed E-state index contributed by atoms with van der Waals surface area (Å²) in [4.78, 5) is 38.1. The van der Waals surface area contributed by atoms with Crippen LogP contribution in [0.1, 0.15) is 40.9 Å². The molecule has 0 saturated carbocycles. The van der Waals surface area contributed by atoms with Crippen LogP contribution in [0.5, 0.6) is 17.2 Å². The minimum Gasteiger partial charge on any atom is -0.493 e. The molecule has 3 aromatic carbocycles. The molecule has 9 heteroatoms. The molecular weight excluding hydrogens is 479 g/mol. The molecule has 1 atom stereocenters. The van der Waals surface area contributed by atoms with Crippen molar-refractivity contribution in [3.8, 4) is 28.4 Å². The van der Waals surface area contributed by atoms with Crippen molar-refractivity contribution >= 4 is 17.5 Å². The Labute approximate surface area is 213 Å². The molecule has 37 heavy (non-hydrogen) atoms. The van der Waals surface area contributed by atoms with Gasteiger partial charge < -0.3 is 24.8 Å². The molecule has 0 fully saturated rings. The van der Waals surface area contributed by atoms with Gasteiger partial charge in [-0.1, -0.05) is 6.07 Å². The number of carbonyl (C=O) groups is 2. The Kier molecular flexibility index (Phi) is 7.42. The minimum absolute atomic E-state index is 0.0324. The Morgan fingerprint density at radius 3 is 2.27 bits per heavy atom. The summed E-state index contributed by atoms with van der Waals surface area (Å²) in [5, 5.41) is 5.55. The van der Waals surface area contributed by atoms with E-state index in [1.165, 1.54) is 64.7 Å². The number of nitrogens with one attached hydrogen (secondary N) is 2. The Morgan fingerprint density at radius 1 is 0.946 bits per heavy atom. The molecule has 8 nitrogen and oxygen atoms in total. The number of methoxy groups -OCH3 is 3. The highest BCUT2D eigenvalue weighted by Gasteiger charge is 2.29. The van der Waals surface area contributed by atoms with Crippen molar-refractivity contribution in [2.24, 2.45) is 0 Å². The SMILES string of the molecule is COc1cc2c(c(OC)c1OC)-c1ccc(NC(=O)c3ccc(F)cc3)c(=O)cc1[C@H](NC(C)=O)CC2. The summed E-state index contributed by atoms with van der Waals surface area (Å²) < 4.78 is 30.1. The van der Waals surface area contributed by atoms with E-state index in [1.807, 2.05) is 6.07 Å². The monoisotopic (exact) mass is 506 g/mol. The molecule has 0 heterocycles. The molecule has 2 amide bonds. The molecule has 0 saturated heterocycles. The second kappa shape index (κ2) is 10.7. The van der Waals surface area contributed by atoms with Crippen LogP contribution in [0.4, 0.5) is 10.1 Å². The first-order valence-electron chi connectivity index (χ1n) is 11.6. The number of aryl methyl sites for hydroxylation is 1. The minimum atomic E-state index is -0.554. The van der Waals surface area contributed by atoms with Gasteiger partial charge in [0, 0.05) is 18.1 Å². The molecule has 0 aliphatic heterocycles. The van der Waals surface area contributed by atoms with Gasteiger partial charge in [-0.15, -0.1) is 0 Å². The number of hydrogen-bond donors (Lipinski definition) is 2. The molecule has 192 valence electrons. The smallest absolute Gasteiger partial charge is 0.255 e. The van der Waals surface area contributed by atoms with E-state index in [-0.39, 0.29) is 17.2 Å². The highest BCUT2D eigenvalue weighted by Crippen LogP contribution is 2.50. The van der Waals surface area contributed by atoms with Crippen molar-refractivity contribution in [1.29, 1.82) is 0 Å². The second-order valence-electron chi connectivity index (χ2n) is 8.56. The third-order valence-corrected chi connectivity index (χ3v) is 6.27. The predicted octanol–water partition coefficient (Wildman–Crippen LogP) is 4.25. The number of hydrogen-bond acceptors (Lipinski definition) is 6. The number of anilines is 1. The van der Waals surface area contributed by atoms with Gasteiger partial charge in [0.2, 0.25) is 17.1 Å². The van der Waals surface area contributed by atoms with Crippen LogP contribution in [0.25, 0.3) is 11.1 Å². The largest absolute Gasteiger partial charge is 0.493 e. The number of amides is 2. The van der Waals surface area contributed by atoms with Crippen LogP contribution in [0.15, 0.2) is 53.3 Å². The molecule has 4 rings (SSSR count). The van der Waals surface area contributed by atoms with Gasteiger partial charge in [-0.05, 0) is 72.0 Å². The number of fused-ring (bicyclic) bond motifs is 3. The lowest BCUT2D eigenvalue weighted by molar-refractivity contribution is -0.119. The summed E-state index contributed by atoms with van der Waals surface area (Å²) in [6, 6.07) is 11.0. The van der Waals surface area contributed by atoms with E-state index < -0.39 is 23.2 Å². The standard InChI is InChI=1S/C28H27FN2O6/c1-15(32)30-21-11-7-17-13-24(35-2)26(36-3)27(37-4)25(17)19-10-12-22(23(33)14-20(19)21)31-28(34)16-5-8-18(29)9-6-16/h5-6,8-10,12-14,21H,7,11H2,1-4H3,(H,30,32)(H,31,33,34)/t21-/m1/s1. The molecule has 1 aliphatic carbocycles. The summed E-state index contributed by atoms with van der Waals surface area (Å²) in [6.45, 7) is 1.42. The van der Waals surface area contributed by atoms with E-state index in [4.69, 9.17) is 14.2 Å². The average molecular weight is 507 g/mol. The molecule has 0 bridgehead atoms. The van der Waals surface area contributed by atoms with Crippen LogP contribution in [-0.4, -0.2) is 33.1 Å². The lowest BCUT2D eigenvalue weighted by Gasteiger charge is -2.19. The molecule has 3 aromatic rings. The van der Waals surface area contributed by atoms with Crippen molar-refractivity contribution in [1.82, 2.24) is 5.32 Å². The van der Waals surface area contributed by atoms with Gasteiger partial charge in [0.25, 0.3) is 5.91 Å². The highest BCUT2D eigenvalue weighted by molar-refractivity contribution is 6.04. The maximum Gasteiger partial charge on any atom is 0.255 e. The quantitative estimate of drug-likeness (QED) is 0.518. The molecule has 0 unspecified atom stereocenters. The van der Waals surface area contributed by atoms with Gasteiger partial charge >= 0.3 is 0 Å². The maximum atomic E-state index is 13.3. The molecule has 1 aliphatic rings. The number of benzene rings is 2. The van der Waals surface area contributed by atoms with Crippen molar-refractivity contribution in [3.05, 3.63) is 81.3 Å². The van der Waals surface area contributed by atoms with Crippen LogP contribution in [0.3, 0.4) is 0 Å². The first-order valence-corrected chi connectivity index (χ1v) is 11.6. The summed E-state index contributed by atoms with van der Waals surface area (Å²) in [7, 11) is 4.56. The number of halogens is 1. The van der Waals surface area contributed by atoms with E-state index in [1.54, 1.807) is 6.07 Å². The fraction of sp³-hybridized carbons (Fsp3) is 0.250.